The van der Waals surface area contributed by atoms with E-state index in [0.29, 0.717) is 5.69 Å². The molecule has 1 amide bonds. The van der Waals surface area contributed by atoms with Crippen LogP contribution >= 0.6 is 0 Å². The van der Waals surface area contributed by atoms with E-state index < -0.39 is 0 Å². The topological polar surface area (TPSA) is 64.4 Å². The average molecular weight is 339 g/mol. The first-order chi connectivity index (χ1) is 12.2. The van der Waals surface area contributed by atoms with Crippen LogP contribution < -0.4 is 5.56 Å². The first-order valence-corrected chi connectivity index (χ1v) is 8.63. The zero-order chi connectivity index (χ0) is 17.3. The van der Waals surface area contributed by atoms with Gasteiger partial charge in [-0.15, -0.1) is 0 Å². The van der Waals surface area contributed by atoms with Gasteiger partial charge in [-0.2, -0.15) is 0 Å². The van der Waals surface area contributed by atoms with Gasteiger partial charge in [0.1, 0.15) is 6.54 Å². The lowest BCUT2D eigenvalue weighted by Gasteiger charge is -2.51. The standard InChI is InChI=1S/C19H21N3O3/c23-17-9-16(15-5-2-1-3-6-15)20-14-21(17)10-18(24)22-11-19(12-22)7-4-8-25-13-19/h1-3,5-6,9,14H,4,7-8,10-13H2. The second kappa shape index (κ2) is 6.44. The van der Waals surface area contributed by atoms with E-state index in [0.717, 1.165) is 44.7 Å². The maximum atomic E-state index is 12.4. The molecule has 6 heteroatoms. The molecule has 2 fully saturated rings. The first-order valence-electron chi connectivity index (χ1n) is 8.63. The van der Waals surface area contributed by atoms with Crippen molar-refractivity contribution < 1.29 is 9.53 Å². The molecule has 25 heavy (non-hydrogen) atoms. The fraction of sp³-hybridized carbons (Fsp3) is 0.421. The molecule has 0 N–H and O–H groups in total. The van der Waals surface area contributed by atoms with Crippen LogP contribution in [-0.4, -0.2) is 46.7 Å². The van der Waals surface area contributed by atoms with E-state index in [9.17, 15) is 9.59 Å². The summed E-state index contributed by atoms with van der Waals surface area (Å²) in [7, 11) is 0. The summed E-state index contributed by atoms with van der Waals surface area (Å²) in [5, 5.41) is 0. The Morgan fingerprint density at radius 3 is 2.72 bits per heavy atom. The van der Waals surface area contributed by atoms with Gasteiger partial charge < -0.3 is 9.64 Å². The van der Waals surface area contributed by atoms with E-state index >= 15 is 0 Å². The second-order valence-electron chi connectivity index (χ2n) is 7.01. The van der Waals surface area contributed by atoms with E-state index in [2.05, 4.69) is 4.98 Å². The number of carbonyl (C=O) groups excluding carboxylic acids is 1. The van der Waals surface area contributed by atoms with E-state index in [1.54, 1.807) is 0 Å². The number of hydrogen-bond acceptors (Lipinski definition) is 4. The van der Waals surface area contributed by atoms with Gasteiger partial charge in [0, 0.05) is 36.7 Å². The Bertz CT molecular complexity index is 817. The van der Waals surface area contributed by atoms with Crippen LogP contribution in [0.2, 0.25) is 0 Å². The minimum absolute atomic E-state index is 0.0347. The summed E-state index contributed by atoms with van der Waals surface area (Å²) in [6, 6.07) is 11.0. The maximum Gasteiger partial charge on any atom is 0.254 e. The molecule has 0 unspecified atom stereocenters. The molecule has 0 bridgehead atoms. The molecule has 2 aromatic rings. The predicted octanol–water partition coefficient (Wildman–Crippen LogP) is 1.55. The summed E-state index contributed by atoms with van der Waals surface area (Å²) < 4.78 is 6.92. The summed E-state index contributed by atoms with van der Waals surface area (Å²) in [5.74, 6) is -0.0347. The molecule has 0 atom stereocenters. The molecule has 4 rings (SSSR count). The summed E-state index contributed by atoms with van der Waals surface area (Å²) >= 11 is 0. The number of nitrogens with zero attached hydrogens (tertiary/aromatic N) is 3. The predicted molar refractivity (Wildman–Crippen MR) is 93.0 cm³/mol. The smallest absolute Gasteiger partial charge is 0.254 e. The number of likely N-dealkylation sites (tertiary alicyclic amines) is 1. The Kier molecular flexibility index (Phi) is 4.13. The van der Waals surface area contributed by atoms with Gasteiger partial charge in [0.15, 0.2) is 0 Å². The summed E-state index contributed by atoms with van der Waals surface area (Å²) in [4.78, 5) is 30.9. The van der Waals surface area contributed by atoms with E-state index in [-0.39, 0.29) is 23.4 Å². The zero-order valence-electron chi connectivity index (χ0n) is 14.1. The number of aromatic nitrogens is 2. The highest BCUT2D eigenvalue weighted by Crippen LogP contribution is 2.38. The maximum absolute atomic E-state index is 12.4. The van der Waals surface area contributed by atoms with Crippen molar-refractivity contribution in [3.8, 4) is 11.3 Å². The van der Waals surface area contributed by atoms with Crippen LogP contribution in [0.3, 0.4) is 0 Å². The Hall–Kier alpha value is -2.47. The summed E-state index contributed by atoms with van der Waals surface area (Å²) in [6.07, 6.45) is 3.64. The van der Waals surface area contributed by atoms with Crippen LogP contribution in [0.4, 0.5) is 0 Å². The van der Waals surface area contributed by atoms with Crippen molar-refractivity contribution >= 4 is 5.91 Å². The Morgan fingerprint density at radius 1 is 1.24 bits per heavy atom. The van der Waals surface area contributed by atoms with Gasteiger partial charge in [0.05, 0.1) is 18.6 Å². The molecule has 6 nitrogen and oxygen atoms in total. The Morgan fingerprint density at radius 2 is 2.04 bits per heavy atom. The lowest BCUT2D eigenvalue weighted by molar-refractivity contribution is -0.154. The van der Waals surface area contributed by atoms with E-state index in [1.807, 2.05) is 35.2 Å². The lowest BCUT2D eigenvalue weighted by atomic mass is 9.75. The average Bonchev–Trinajstić information content (AvgIpc) is 2.62. The molecule has 2 saturated heterocycles. The van der Waals surface area contributed by atoms with Crippen molar-refractivity contribution in [1.29, 1.82) is 0 Å². The molecule has 1 aromatic carbocycles. The van der Waals surface area contributed by atoms with Gasteiger partial charge in [0.2, 0.25) is 5.91 Å². The summed E-state index contributed by atoms with van der Waals surface area (Å²) in [6.45, 7) is 3.07. The fourth-order valence-corrected chi connectivity index (χ4v) is 3.66. The monoisotopic (exact) mass is 339 g/mol. The van der Waals surface area contributed by atoms with Crippen LogP contribution in [0.15, 0.2) is 47.5 Å². The SMILES string of the molecule is O=C(Cn1cnc(-c2ccccc2)cc1=O)N1CC2(CCCOC2)C1. The fourth-order valence-electron chi connectivity index (χ4n) is 3.66. The van der Waals surface area contributed by atoms with Gasteiger partial charge in [0.25, 0.3) is 5.56 Å². The highest BCUT2D eigenvalue weighted by atomic mass is 16.5. The van der Waals surface area contributed by atoms with Crippen molar-refractivity contribution in [3.05, 3.63) is 53.1 Å². The zero-order valence-corrected chi connectivity index (χ0v) is 14.1. The normalized spacial score (nSPS) is 18.8. The largest absolute Gasteiger partial charge is 0.381 e. The van der Waals surface area contributed by atoms with Gasteiger partial charge in [-0.05, 0) is 12.8 Å². The molecule has 2 aliphatic heterocycles. The quantitative estimate of drug-likeness (QED) is 0.851. The van der Waals surface area contributed by atoms with Crippen LogP contribution in [0.5, 0.6) is 0 Å². The van der Waals surface area contributed by atoms with Crippen molar-refractivity contribution in [2.24, 2.45) is 5.41 Å². The Balaban J connectivity index is 1.41. The third kappa shape index (κ3) is 3.22. The lowest BCUT2D eigenvalue weighted by Crippen LogP contribution is -2.62. The molecule has 0 saturated carbocycles. The van der Waals surface area contributed by atoms with Crippen LogP contribution in [0.25, 0.3) is 11.3 Å². The molecule has 130 valence electrons. The van der Waals surface area contributed by atoms with Crippen molar-refractivity contribution in [1.82, 2.24) is 14.5 Å². The van der Waals surface area contributed by atoms with Crippen molar-refractivity contribution in [2.45, 2.75) is 19.4 Å². The molecular formula is C19H21N3O3. The molecule has 2 aliphatic rings. The van der Waals surface area contributed by atoms with Crippen molar-refractivity contribution in [3.63, 3.8) is 0 Å². The van der Waals surface area contributed by atoms with Gasteiger partial charge in [-0.25, -0.2) is 4.98 Å². The summed E-state index contributed by atoms with van der Waals surface area (Å²) in [5.41, 5.74) is 1.45. The number of rotatable bonds is 3. The highest BCUT2D eigenvalue weighted by Gasteiger charge is 2.46. The van der Waals surface area contributed by atoms with Gasteiger partial charge in [-0.3, -0.25) is 14.2 Å². The molecule has 1 spiro atoms. The minimum atomic E-state index is -0.210. The third-order valence-electron chi connectivity index (χ3n) is 5.06. The Labute approximate surface area is 146 Å². The first kappa shape index (κ1) is 16.0. The highest BCUT2D eigenvalue weighted by molar-refractivity contribution is 5.77. The van der Waals surface area contributed by atoms with E-state index in [4.69, 9.17) is 4.74 Å². The molecule has 0 aliphatic carbocycles. The van der Waals surface area contributed by atoms with Crippen LogP contribution in [-0.2, 0) is 16.1 Å². The molecular weight excluding hydrogens is 318 g/mol. The van der Waals surface area contributed by atoms with E-state index in [1.165, 1.54) is 17.0 Å². The molecule has 3 heterocycles. The van der Waals surface area contributed by atoms with Gasteiger partial charge in [-0.1, -0.05) is 30.3 Å². The third-order valence-corrected chi connectivity index (χ3v) is 5.06. The minimum Gasteiger partial charge on any atom is -0.381 e. The second-order valence-corrected chi connectivity index (χ2v) is 7.01. The van der Waals surface area contributed by atoms with Crippen molar-refractivity contribution in [2.75, 3.05) is 26.3 Å². The number of amides is 1. The van der Waals surface area contributed by atoms with Crippen LogP contribution in [0.1, 0.15) is 12.8 Å². The van der Waals surface area contributed by atoms with Gasteiger partial charge >= 0.3 is 0 Å². The number of carbonyl (C=O) groups is 1. The molecule has 1 aromatic heterocycles. The number of ether oxygens (including phenoxy) is 1. The molecule has 0 radical (unpaired) electrons. The number of hydrogen-bond donors (Lipinski definition) is 0. The van der Waals surface area contributed by atoms with Crippen LogP contribution in [0, 0.1) is 5.41 Å². The number of benzene rings is 1.